The maximum Gasteiger partial charge on any atom is 0.410 e. The third kappa shape index (κ3) is 5.79. The van der Waals surface area contributed by atoms with Gasteiger partial charge in [0.1, 0.15) is 17.2 Å². The quantitative estimate of drug-likeness (QED) is 0.363. The Morgan fingerprint density at radius 1 is 1.19 bits per heavy atom. The molecule has 2 aliphatic heterocycles. The number of H-pyrrole nitrogens is 1. The van der Waals surface area contributed by atoms with E-state index in [2.05, 4.69) is 26.9 Å². The Hall–Kier alpha value is -3.40. The lowest BCUT2D eigenvalue weighted by Crippen LogP contribution is -2.51. The highest BCUT2D eigenvalue weighted by Gasteiger charge is 2.45. The second-order valence-corrected chi connectivity index (χ2v) is 11.2. The van der Waals surface area contributed by atoms with Crippen LogP contribution in [0.1, 0.15) is 64.1 Å². The lowest BCUT2D eigenvalue weighted by atomic mass is 9.97. The molecule has 37 heavy (non-hydrogen) atoms. The van der Waals surface area contributed by atoms with Crippen LogP contribution in [0.4, 0.5) is 22.2 Å². The van der Waals surface area contributed by atoms with E-state index in [4.69, 9.17) is 14.7 Å². The van der Waals surface area contributed by atoms with Gasteiger partial charge in [0.15, 0.2) is 5.82 Å². The second kappa shape index (κ2) is 10.2. The van der Waals surface area contributed by atoms with Crippen molar-refractivity contribution in [3.63, 3.8) is 0 Å². The highest BCUT2D eigenvalue weighted by atomic mass is 16.6. The van der Waals surface area contributed by atoms with Gasteiger partial charge in [0.2, 0.25) is 0 Å². The van der Waals surface area contributed by atoms with Crippen molar-refractivity contribution in [2.75, 3.05) is 17.2 Å². The largest absolute Gasteiger partial charge is 0.444 e. The Balaban J connectivity index is 1.40. The van der Waals surface area contributed by atoms with Crippen molar-refractivity contribution in [3.8, 4) is 0 Å². The molecule has 3 atom stereocenters. The fourth-order valence-corrected chi connectivity index (χ4v) is 5.47. The van der Waals surface area contributed by atoms with Gasteiger partial charge in [0.05, 0.1) is 5.52 Å². The van der Waals surface area contributed by atoms with Gasteiger partial charge >= 0.3 is 6.09 Å². The first-order valence-corrected chi connectivity index (χ1v) is 13.2. The molecule has 0 aliphatic carbocycles. The van der Waals surface area contributed by atoms with E-state index in [-0.39, 0.29) is 30.8 Å². The normalized spacial score (nSPS) is 21.3. The lowest BCUT2D eigenvalue weighted by Gasteiger charge is -2.39. The molecule has 4 N–H and O–H groups in total. The molecule has 3 aromatic rings. The number of carbonyl (C=O) groups excluding carboxylic acids is 1. The number of anilines is 3. The summed E-state index contributed by atoms with van der Waals surface area (Å²) in [5.74, 6) is 2.12. The fourth-order valence-electron chi connectivity index (χ4n) is 5.47. The molecule has 10 nitrogen and oxygen atoms in total. The minimum absolute atomic E-state index is 0.145. The maximum atomic E-state index is 12.9. The zero-order valence-electron chi connectivity index (χ0n) is 22.0. The van der Waals surface area contributed by atoms with Gasteiger partial charge in [-0.3, -0.25) is 10.1 Å². The van der Waals surface area contributed by atoms with Gasteiger partial charge < -0.3 is 25.4 Å². The molecule has 3 aromatic heterocycles. The molecule has 0 radical (unpaired) electrons. The van der Waals surface area contributed by atoms with Crippen molar-refractivity contribution < 1.29 is 14.6 Å². The summed E-state index contributed by atoms with van der Waals surface area (Å²) >= 11 is 0. The van der Waals surface area contributed by atoms with Gasteiger partial charge in [0.25, 0.3) is 0 Å². The summed E-state index contributed by atoms with van der Waals surface area (Å²) in [5.41, 5.74) is 2.35. The number of aliphatic hydroxyl groups excluding tert-OH is 1. The van der Waals surface area contributed by atoms with E-state index >= 15 is 0 Å². The minimum atomic E-state index is -0.504. The maximum absolute atomic E-state index is 12.9. The van der Waals surface area contributed by atoms with E-state index in [9.17, 15) is 9.90 Å². The van der Waals surface area contributed by atoms with Crippen LogP contribution in [0, 0.1) is 6.92 Å². The number of fused-ring (bicyclic) bond motifs is 3. The number of aromatic nitrogens is 4. The molecule has 2 saturated heterocycles. The summed E-state index contributed by atoms with van der Waals surface area (Å²) in [5, 5.41) is 24.4. The van der Waals surface area contributed by atoms with Crippen molar-refractivity contribution >= 4 is 34.4 Å². The van der Waals surface area contributed by atoms with Gasteiger partial charge in [-0.05, 0) is 77.8 Å². The van der Waals surface area contributed by atoms with Crippen LogP contribution in [0.15, 0.2) is 24.4 Å². The monoisotopic (exact) mass is 507 g/mol. The zero-order valence-corrected chi connectivity index (χ0v) is 22.0. The molecular weight excluding hydrogens is 470 g/mol. The molecule has 2 bridgehead atoms. The molecule has 2 aliphatic rings. The lowest BCUT2D eigenvalue weighted by molar-refractivity contribution is 0.00683. The molecule has 5 rings (SSSR count). The Bertz CT molecular complexity index is 1250. The number of hydrogen-bond acceptors (Lipinski definition) is 8. The smallest absolute Gasteiger partial charge is 0.410 e. The zero-order chi connectivity index (χ0) is 26.2. The minimum Gasteiger partial charge on any atom is -0.444 e. The molecule has 10 heteroatoms. The number of aryl methyl sites for hydroxylation is 2. The van der Waals surface area contributed by atoms with Gasteiger partial charge in [-0.2, -0.15) is 5.10 Å². The van der Waals surface area contributed by atoms with Crippen molar-refractivity contribution in [1.82, 2.24) is 25.1 Å². The summed E-state index contributed by atoms with van der Waals surface area (Å²) in [6, 6.07) is 6.45. The molecule has 1 amide bonds. The molecule has 198 valence electrons. The Kier molecular flexibility index (Phi) is 6.94. The molecule has 1 unspecified atom stereocenters. The number of pyridine rings is 2. The first kappa shape index (κ1) is 25.3. The van der Waals surface area contributed by atoms with Crippen LogP contribution in [0.3, 0.4) is 0 Å². The van der Waals surface area contributed by atoms with E-state index < -0.39 is 5.60 Å². The number of hydrogen-bond donors (Lipinski definition) is 4. The van der Waals surface area contributed by atoms with Crippen LogP contribution in [-0.2, 0) is 11.2 Å². The number of aromatic amines is 1. The van der Waals surface area contributed by atoms with Gasteiger partial charge in [-0.25, -0.2) is 9.78 Å². The van der Waals surface area contributed by atoms with E-state index in [0.29, 0.717) is 18.1 Å². The number of nitrogens with one attached hydrogen (secondary N) is 3. The van der Waals surface area contributed by atoms with E-state index in [1.54, 1.807) is 0 Å². The Labute approximate surface area is 217 Å². The summed E-state index contributed by atoms with van der Waals surface area (Å²) in [6.07, 6.45) is 6.76. The summed E-state index contributed by atoms with van der Waals surface area (Å²) in [7, 11) is 0. The molecule has 0 saturated carbocycles. The van der Waals surface area contributed by atoms with Crippen LogP contribution in [0.5, 0.6) is 0 Å². The number of carbonyl (C=O) groups is 1. The van der Waals surface area contributed by atoms with Gasteiger partial charge in [-0.1, -0.05) is 0 Å². The third-order valence-electron chi connectivity index (χ3n) is 7.00. The number of aliphatic hydroxyl groups is 1. The van der Waals surface area contributed by atoms with Crippen LogP contribution in [0.25, 0.3) is 10.9 Å². The highest BCUT2D eigenvalue weighted by molar-refractivity contribution is 5.92. The molecule has 0 aromatic carbocycles. The molecule has 5 heterocycles. The van der Waals surface area contributed by atoms with Gasteiger partial charge in [0, 0.05) is 54.1 Å². The van der Waals surface area contributed by atoms with E-state index in [0.717, 1.165) is 60.1 Å². The van der Waals surface area contributed by atoms with Crippen molar-refractivity contribution in [2.24, 2.45) is 0 Å². The highest BCUT2D eigenvalue weighted by Crippen LogP contribution is 2.38. The summed E-state index contributed by atoms with van der Waals surface area (Å²) in [4.78, 5) is 24.5. The predicted octanol–water partition coefficient (Wildman–Crippen LogP) is 4.67. The van der Waals surface area contributed by atoms with Crippen LogP contribution in [-0.4, -0.2) is 66.6 Å². The first-order chi connectivity index (χ1) is 17.7. The van der Waals surface area contributed by atoms with Crippen LogP contribution < -0.4 is 10.6 Å². The number of piperidine rings is 1. The molecule has 0 spiro atoms. The average Bonchev–Trinajstić information content (AvgIpc) is 3.36. The SMILES string of the molecule is Cc1cc(Nc2cc3ncc(CCCO)cc3c(NC3C[C@H]4CC[C@@H](C3)N4C(=O)OC(C)(C)C)n2)n[nH]1. The topological polar surface area (TPSA) is 128 Å². The fraction of sp³-hybridized carbons (Fsp3) is 0.556. The number of ether oxygens (including phenoxy) is 1. The second-order valence-electron chi connectivity index (χ2n) is 11.2. The summed E-state index contributed by atoms with van der Waals surface area (Å²) in [6.45, 7) is 7.82. The predicted molar refractivity (Wildman–Crippen MR) is 143 cm³/mol. The van der Waals surface area contributed by atoms with E-state index in [1.807, 2.05) is 50.9 Å². The van der Waals surface area contributed by atoms with Crippen molar-refractivity contribution in [3.05, 3.63) is 35.7 Å². The van der Waals surface area contributed by atoms with Gasteiger partial charge in [-0.15, -0.1) is 0 Å². The average molecular weight is 508 g/mol. The van der Waals surface area contributed by atoms with Crippen molar-refractivity contribution in [2.45, 2.75) is 89.9 Å². The number of nitrogens with zero attached hydrogens (tertiary/aromatic N) is 4. The van der Waals surface area contributed by atoms with E-state index in [1.165, 1.54) is 0 Å². The summed E-state index contributed by atoms with van der Waals surface area (Å²) < 4.78 is 5.70. The molecule has 2 fully saturated rings. The third-order valence-corrected chi connectivity index (χ3v) is 7.00. The standard InChI is InChI=1S/C27H37N7O3/c1-16-10-24(33-32-16)30-23-14-22-21(11-17(15-28-22)6-5-9-35)25(31-23)29-18-12-19-7-8-20(13-18)34(19)26(36)37-27(2,3)4/h10-11,14-15,18-20,35H,5-9,12-13H2,1-4H3,(H3,29,30,31,32,33)/t18?,19-,20+. The Morgan fingerprint density at radius 2 is 1.95 bits per heavy atom. The molecular formula is C27H37N7O3. The number of amides is 1. The number of rotatable bonds is 7. The van der Waals surface area contributed by atoms with Crippen LogP contribution in [0.2, 0.25) is 0 Å². The van der Waals surface area contributed by atoms with Crippen molar-refractivity contribution in [1.29, 1.82) is 0 Å². The Morgan fingerprint density at radius 3 is 2.59 bits per heavy atom. The van der Waals surface area contributed by atoms with Crippen LogP contribution >= 0.6 is 0 Å². The first-order valence-electron chi connectivity index (χ1n) is 13.2.